The van der Waals surface area contributed by atoms with E-state index in [9.17, 15) is 0 Å². The van der Waals surface area contributed by atoms with E-state index in [2.05, 4.69) is 109 Å². The highest BCUT2D eigenvalue weighted by Gasteiger charge is 1.99. The van der Waals surface area contributed by atoms with Crippen molar-refractivity contribution in [3.63, 3.8) is 0 Å². The van der Waals surface area contributed by atoms with E-state index in [4.69, 9.17) is 0 Å². The van der Waals surface area contributed by atoms with Crippen LogP contribution in [0.15, 0.2) is 171 Å². The summed E-state index contributed by atoms with van der Waals surface area (Å²) in [4.78, 5) is 0. The van der Waals surface area contributed by atoms with Gasteiger partial charge in [-0.15, -0.1) is 0 Å². The topological polar surface area (TPSA) is 24.1 Å². The summed E-state index contributed by atoms with van der Waals surface area (Å²) >= 11 is 0. The van der Waals surface area contributed by atoms with Crippen molar-refractivity contribution in [1.82, 2.24) is 0 Å². The van der Waals surface area contributed by atoms with Gasteiger partial charge in [-0.2, -0.15) is 0 Å². The molecule has 0 saturated carbocycles. The van der Waals surface area contributed by atoms with Gasteiger partial charge in [-0.25, -0.2) is 0 Å². The number of allylic oxidation sites excluding steroid dienone is 4. The second-order valence-corrected chi connectivity index (χ2v) is 8.56. The number of para-hydroxylation sites is 2. The predicted molar refractivity (Wildman–Crippen MR) is 166 cm³/mol. The molecule has 0 fully saturated rings. The molecule has 2 heteroatoms. The zero-order chi connectivity index (χ0) is 26.4. The van der Waals surface area contributed by atoms with E-state index in [1.807, 2.05) is 66.7 Å². The van der Waals surface area contributed by atoms with Crippen LogP contribution in [-0.2, 0) is 0 Å². The lowest BCUT2D eigenvalue weighted by Crippen LogP contribution is -1.90. The minimum atomic E-state index is 1.07. The highest BCUT2D eigenvalue weighted by atomic mass is 14.9. The summed E-state index contributed by atoms with van der Waals surface area (Å²) in [6.45, 7) is 7.53. The number of hydrogen-bond acceptors (Lipinski definition) is 2. The highest BCUT2D eigenvalue weighted by molar-refractivity contribution is 5.76. The molecule has 0 aliphatic heterocycles. The Labute approximate surface area is 226 Å². The molecule has 2 N–H and O–H groups in total. The van der Waals surface area contributed by atoms with E-state index in [0.29, 0.717) is 0 Å². The molecule has 0 spiro atoms. The Bertz CT molecular complexity index is 1440. The van der Waals surface area contributed by atoms with Gasteiger partial charge in [0.2, 0.25) is 0 Å². The first-order chi connectivity index (χ1) is 18.7. The van der Waals surface area contributed by atoms with Crippen LogP contribution in [-0.4, -0.2) is 0 Å². The van der Waals surface area contributed by atoms with Crippen molar-refractivity contribution in [2.75, 3.05) is 10.6 Å². The molecule has 0 radical (unpaired) electrons. The fourth-order valence-electron chi connectivity index (χ4n) is 3.91. The predicted octanol–water partition coefficient (Wildman–Crippen LogP) is 10.3. The monoisotopic (exact) mass is 492 g/mol. The van der Waals surface area contributed by atoms with E-state index in [1.54, 1.807) is 6.08 Å². The smallest absolute Gasteiger partial charge is 0.0384 e. The summed E-state index contributed by atoms with van der Waals surface area (Å²) < 4.78 is 0. The highest BCUT2D eigenvalue weighted by Crippen LogP contribution is 2.23. The van der Waals surface area contributed by atoms with Crippen molar-refractivity contribution >= 4 is 28.3 Å². The molecular weight excluding hydrogens is 460 g/mol. The molecule has 0 aliphatic rings. The third kappa shape index (κ3) is 7.71. The number of benzene rings is 5. The van der Waals surface area contributed by atoms with Crippen LogP contribution in [0.2, 0.25) is 0 Å². The first-order valence-corrected chi connectivity index (χ1v) is 12.6. The van der Waals surface area contributed by atoms with Crippen molar-refractivity contribution in [3.8, 4) is 11.1 Å². The Morgan fingerprint density at radius 1 is 0.447 bits per heavy atom. The first-order valence-electron chi connectivity index (χ1n) is 12.6. The minimum absolute atomic E-state index is 1.07. The maximum atomic E-state index is 3.81. The van der Waals surface area contributed by atoms with Gasteiger partial charge in [0.05, 0.1) is 0 Å². The fraction of sp³-hybridized carbons (Fsp3) is 0. The van der Waals surface area contributed by atoms with Crippen LogP contribution in [0.5, 0.6) is 0 Å². The average Bonchev–Trinajstić information content (AvgIpc) is 2.99. The Hall–Kier alpha value is -5.08. The molecule has 0 unspecified atom stereocenters. The SMILES string of the molecule is C=C/C=C(\C=C)c1ccc(Nc2ccccc2)cc1.c1ccc(Nc2ccc(-c3ccccc3)cc2)cc1. The molecule has 0 aliphatic carbocycles. The van der Waals surface area contributed by atoms with E-state index in [1.165, 1.54) is 11.1 Å². The Morgan fingerprint density at radius 3 is 1.29 bits per heavy atom. The van der Waals surface area contributed by atoms with Crippen molar-refractivity contribution < 1.29 is 0 Å². The van der Waals surface area contributed by atoms with Crippen LogP contribution in [0.25, 0.3) is 16.7 Å². The standard InChI is InChI=1S/C18H15N.C18H17N/c1-3-7-15(8-4-1)16-11-13-18(14-12-16)19-17-9-5-2-6-10-17;1-3-8-15(4-2)16-11-13-18(14-12-16)19-17-9-6-5-7-10-17/h1-14,19H;3-14,19H,1-2H2/b;15-8+. The molecule has 38 heavy (non-hydrogen) atoms. The molecule has 5 rings (SSSR count). The van der Waals surface area contributed by atoms with Crippen LogP contribution in [0.4, 0.5) is 22.7 Å². The normalized spacial score (nSPS) is 10.5. The molecule has 0 aromatic heterocycles. The van der Waals surface area contributed by atoms with Gasteiger partial charge in [-0.3, -0.25) is 0 Å². The first kappa shape index (κ1) is 26.0. The quantitative estimate of drug-likeness (QED) is 0.211. The number of anilines is 4. The number of hydrogen-bond donors (Lipinski definition) is 2. The zero-order valence-electron chi connectivity index (χ0n) is 21.4. The number of rotatable bonds is 8. The Kier molecular flexibility index (Phi) is 9.48. The summed E-state index contributed by atoms with van der Waals surface area (Å²) in [7, 11) is 0. The average molecular weight is 493 g/mol. The van der Waals surface area contributed by atoms with Gasteiger partial charge in [0.1, 0.15) is 0 Å². The van der Waals surface area contributed by atoms with Gasteiger partial charge in [0, 0.05) is 22.7 Å². The van der Waals surface area contributed by atoms with Crippen LogP contribution in [0, 0.1) is 0 Å². The van der Waals surface area contributed by atoms with Crippen molar-refractivity contribution in [2.24, 2.45) is 0 Å². The van der Waals surface area contributed by atoms with Crippen LogP contribution in [0.3, 0.4) is 0 Å². The molecule has 5 aromatic carbocycles. The minimum Gasteiger partial charge on any atom is -0.356 e. The van der Waals surface area contributed by atoms with E-state index in [0.717, 1.165) is 33.9 Å². The van der Waals surface area contributed by atoms with Gasteiger partial charge in [0.15, 0.2) is 0 Å². The lowest BCUT2D eigenvalue weighted by atomic mass is 10.1. The van der Waals surface area contributed by atoms with Crippen molar-refractivity contribution in [1.29, 1.82) is 0 Å². The molecule has 5 aromatic rings. The second kappa shape index (κ2) is 13.9. The Balaban J connectivity index is 0.000000177. The maximum Gasteiger partial charge on any atom is 0.0384 e. The van der Waals surface area contributed by atoms with Crippen LogP contribution in [0.1, 0.15) is 5.56 Å². The van der Waals surface area contributed by atoms with Crippen molar-refractivity contribution in [2.45, 2.75) is 0 Å². The van der Waals surface area contributed by atoms with E-state index >= 15 is 0 Å². The third-order valence-electron chi connectivity index (χ3n) is 5.85. The third-order valence-corrected chi connectivity index (χ3v) is 5.85. The molecule has 2 nitrogen and oxygen atoms in total. The summed E-state index contributed by atoms with van der Waals surface area (Å²) in [5.74, 6) is 0. The maximum absolute atomic E-state index is 3.81. The van der Waals surface area contributed by atoms with Gasteiger partial charge in [0.25, 0.3) is 0 Å². The lowest BCUT2D eigenvalue weighted by molar-refractivity contribution is 1.53. The van der Waals surface area contributed by atoms with Gasteiger partial charge in [-0.05, 0) is 70.8 Å². The summed E-state index contributed by atoms with van der Waals surface area (Å²) in [5.41, 5.74) is 9.04. The molecule has 0 atom stereocenters. The molecule has 186 valence electrons. The molecule has 0 bridgehead atoms. The lowest BCUT2D eigenvalue weighted by Gasteiger charge is -2.07. The van der Waals surface area contributed by atoms with Crippen LogP contribution >= 0.6 is 0 Å². The van der Waals surface area contributed by atoms with Gasteiger partial charge in [-0.1, -0.05) is 122 Å². The molecule has 0 saturated heterocycles. The van der Waals surface area contributed by atoms with Crippen molar-refractivity contribution in [3.05, 3.63) is 176 Å². The van der Waals surface area contributed by atoms with E-state index in [-0.39, 0.29) is 0 Å². The largest absolute Gasteiger partial charge is 0.356 e. The van der Waals surface area contributed by atoms with Gasteiger partial charge < -0.3 is 10.6 Å². The van der Waals surface area contributed by atoms with E-state index < -0.39 is 0 Å². The second-order valence-electron chi connectivity index (χ2n) is 8.56. The Morgan fingerprint density at radius 2 is 0.842 bits per heavy atom. The summed E-state index contributed by atoms with van der Waals surface area (Å²) in [5, 5.41) is 6.74. The summed E-state index contributed by atoms with van der Waals surface area (Å²) in [6.07, 6.45) is 5.56. The molecular formula is C36H32N2. The van der Waals surface area contributed by atoms with Crippen LogP contribution < -0.4 is 10.6 Å². The number of nitrogens with one attached hydrogen (secondary N) is 2. The summed E-state index contributed by atoms with van der Waals surface area (Å²) in [6, 6.07) is 47.5. The van der Waals surface area contributed by atoms with Gasteiger partial charge >= 0.3 is 0 Å². The zero-order valence-corrected chi connectivity index (χ0v) is 21.4. The molecule has 0 heterocycles. The fourth-order valence-corrected chi connectivity index (χ4v) is 3.91. The molecule has 0 amide bonds.